The second-order valence-electron chi connectivity index (χ2n) is 3.87. The lowest BCUT2D eigenvalue weighted by Crippen LogP contribution is -2.04. The van der Waals surface area contributed by atoms with Crippen LogP contribution in [0, 0.1) is 0 Å². The van der Waals surface area contributed by atoms with Crippen molar-refractivity contribution in [2.24, 2.45) is 5.73 Å². The number of thiazole rings is 1. The molecule has 0 aliphatic rings. The van der Waals surface area contributed by atoms with Crippen molar-refractivity contribution >= 4 is 39.7 Å². The fraction of sp³-hybridized carbons (Fsp3) is 0.250. The van der Waals surface area contributed by atoms with Gasteiger partial charge in [0.05, 0.1) is 20.6 Å². The molecule has 1 heterocycles. The summed E-state index contributed by atoms with van der Waals surface area (Å²) in [5, 5.41) is 4.86. The summed E-state index contributed by atoms with van der Waals surface area (Å²) < 4.78 is 0. The van der Waals surface area contributed by atoms with Crippen LogP contribution >= 0.6 is 34.5 Å². The van der Waals surface area contributed by atoms with Crippen molar-refractivity contribution in [2.45, 2.75) is 13.0 Å². The Labute approximate surface area is 120 Å². The Kier molecular flexibility index (Phi) is 4.12. The largest absolute Gasteiger partial charge is 0.365 e. The molecule has 0 aliphatic heterocycles. The molecule has 0 aliphatic carbocycles. The minimum Gasteiger partial charge on any atom is -0.365 e. The third-order valence-electron chi connectivity index (χ3n) is 2.49. The van der Waals surface area contributed by atoms with Crippen LogP contribution < -0.4 is 11.1 Å². The molecule has 2 aromatic rings. The highest BCUT2D eigenvalue weighted by Crippen LogP contribution is 2.39. The Morgan fingerprint density at radius 1 is 1.39 bits per heavy atom. The van der Waals surface area contributed by atoms with Crippen LogP contribution in [0.1, 0.15) is 17.8 Å². The summed E-state index contributed by atoms with van der Waals surface area (Å²) in [4.78, 5) is 5.50. The van der Waals surface area contributed by atoms with E-state index in [-0.39, 0.29) is 6.04 Å². The first-order valence-corrected chi connectivity index (χ1v) is 7.00. The van der Waals surface area contributed by atoms with Crippen molar-refractivity contribution in [3.05, 3.63) is 33.1 Å². The van der Waals surface area contributed by atoms with E-state index in [1.54, 1.807) is 6.07 Å². The molecular weight excluding hydrogens is 289 g/mol. The third-order valence-corrected chi connectivity index (χ3v) is 4.58. The van der Waals surface area contributed by atoms with Crippen molar-refractivity contribution in [3.8, 4) is 11.3 Å². The molecule has 0 amide bonds. The molecule has 0 bridgehead atoms. The molecule has 0 saturated heterocycles. The van der Waals surface area contributed by atoms with E-state index in [0.717, 1.165) is 21.3 Å². The Morgan fingerprint density at radius 2 is 2.11 bits per heavy atom. The number of nitrogens with two attached hydrogens (primary N) is 1. The highest BCUT2D eigenvalue weighted by atomic mass is 35.5. The Balaban J connectivity index is 2.62. The van der Waals surface area contributed by atoms with Gasteiger partial charge in [-0.25, -0.2) is 4.98 Å². The van der Waals surface area contributed by atoms with Crippen LogP contribution in [-0.4, -0.2) is 12.0 Å². The van der Waals surface area contributed by atoms with Gasteiger partial charge in [0, 0.05) is 18.7 Å². The first-order valence-electron chi connectivity index (χ1n) is 5.43. The normalized spacial score (nSPS) is 12.5. The molecule has 3 N–H and O–H groups in total. The van der Waals surface area contributed by atoms with Gasteiger partial charge in [0.2, 0.25) is 0 Å². The van der Waals surface area contributed by atoms with Crippen LogP contribution in [0.15, 0.2) is 18.2 Å². The molecule has 0 saturated carbocycles. The summed E-state index contributed by atoms with van der Waals surface area (Å²) in [6.07, 6.45) is 0. The van der Waals surface area contributed by atoms with Gasteiger partial charge in [-0.2, -0.15) is 0 Å². The number of nitrogens with zero attached hydrogens (tertiary/aromatic N) is 1. The van der Waals surface area contributed by atoms with Crippen LogP contribution in [0.2, 0.25) is 10.0 Å². The van der Waals surface area contributed by atoms with Gasteiger partial charge < -0.3 is 11.1 Å². The SMILES string of the molecule is CNc1nc(-c2cccc(Cl)c2Cl)c(C(C)N)s1. The van der Waals surface area contributed by atoms with Gasteiger partial charge in [-0.1, -0.05) is 46.7 Å². The van der Waals surface area contributed by atoms with Gasteiger partial charge in [-0.05, 0) is 13.0 Å². The molecule has 6 heteroatoms. The number of anilines is 1. The maximum absolute atomic E-state index is 6.23. The van der Waals surface area contributed by atoms with Gasteiger partial charge in [0.25, 0.3) is 0 Å². The molecule has 0 spiro atoms. The summed E-state index contributed by atoms with van der Waals surface area (Å²) in [5.41, 5.74) is 7.59. The Morgan fingerprint density at radius 3 is 2.72 bits per heavy atom. The number of halogens is 2. The second kappa shape index (κ2) is 5.45. The maximum atomic E-state index is 6.23. The first kappa shape index (κ1) is 13.6. The van der Waals surface area contributed by atoms with Crippen molar-refractivity contribution in [3.63, 3.8) is 0 Å². The monoisotopic (exact) mass is 301 g/mol. The van der Waals surface area contributed by atoms with Gasteiger partial charge in [-0.15, -0.1) is 0 Å². The number of nitrogens with one attached hydrogen (secondary N) is 1. The maximum Gasteiger partial charge on any atom is 0.183 e. The molecular formula is C12H13Cl2N3S. The number of rotatable bonds is 3. The van der Waals surface area contributed by atoms with Crippen LogP contribution in [0.4, 0.5) is 5.13 Å². The minimum atomic E-state index is -0.102. The van der Waals surface area contributed by atoms with Crippen LogP contribution in [0.3, 0.4) is 0 Å². The van der Waals surface area contributed by atoms with Crippen LogP contribution in [0.5, 0.6) is 0 Å². The molecule has 1 aromatic heterocycles. The second-order valence-corrected chi connectivity index (χ2v) is 5.69. The summed E-state index contributed by atoms with van der Waals surface area (Å²) in [6, 6.07) is 5.40. The summed E-state index contributed by atoms with van der Waals surface area (Å²) in [7, 11) is 1.83. The Hall–Kier alpha value is -0.810. The third kappa shape index (κ3) is 2.47. The van der Waals surface area contributed by atoms with E-state index < -0.39 is 0 Å². The van der Waals surface area contributed by atoms with Crippen molar-refractivity contribution in [1.82, 2.24) is 4.98 Å². The standard InChI is InChI=1S/C12H13Cl2N3S/c1-6(15)11-10(17-12(16-2)18-11)7-4-3-5-8(13)9(7)14/h3-6H,15H2,1-2H3,(H,16,17). The minimum absolute atomic E-state index is 0.102. The van der Waals surface area contributed by atoms with Gasteiger partial charge in [0.1, 0.15) is 0 Å². The van der Waals surface area contributed by atoms with Gasteiger partial charge in [-0.3, -0.25) is 0 Å². The van der Waals surface area contributed by atoms with E-state index >= 15 is 0 Å². The average Bonchev–Trinajstić information content (AvgIpc) is 2.77. The number of aromatic nitrogens is 1. The zero-order valence-corrected chi connectivity index (χ0v) is 12.3. The van der Waals surface area contributed by atoms with Crippen molar-refractivity contribution in [2.75, 3.05) is 12.4 Å². The van der Waals surface area contributed by atoms with E-state index in [0.29, 0.717) is 10.0 Å². The quantitative estimate of drug-likeness (QED) is 0.894. The van der Waals surface area contributed by atoms with E-state index in [1.165, 1.54) is 11.3 Å². The van der Waals surface area contributed by atoms with E-state index in [1.807, 2.05) is 26.1 Å². The lowest BCUT2D eigenvalue weighted by Gasteiger charge is -2.07. The molecule has 2 rings (SSSR count). The molecule has 1 atom stereocenters. The van der Waals surface area contributed by atoms with Gasteiger partial charge in [0.15, 0.2) is 5.13 Å². The lowest BCUT2D eigenvalue weighted by atomic mass is 10.1. The predicted molar refractivity (Wildman–Crippen MR) is 79.7 cm³/mol. The van der Waals surface area contributed by atoms with Crippen molar-refractivity contribution in [1.29, 1.82) is 0 Å². The van der Waals surface area contributed by atoms with E-state index in [4.69, 9.17) is 28.9 Å². The molecule has 0 fully saturated rings. The molecule has 18 heavy (non-hydrogen) atoms. The summed E-state index contributed by atoms with van der Waals surface area (Å²) in [5.74, 6) is 0. The zero-order chi connectivity index (χ0) is 13.3. The molecule has 0 radical (unpaired) electrons. The molecule has 1 unspecified atom stereocenters. The smallest absolute Gasteiger partial charge is 0.183 e. The fourth-order valence-corrected chi connectivity index (χ4v) is 2.90. The highest BCUT2D eigenvalue weighted by molar-refractivity contribution is 7.16. The fourth-order valence-electron chi connectivity index (χ4n) is 1.63. The number of benzene rings is 1. The highest BCUT2D eigenvalue weighted by Gasteiger charge is 2.18. The van der Waals surface area contributed by atoms with Crippen molar-refractivity contribution < 1.29 is 0 Å². The molecule has 96 valence electrons. The average molecular weight is 302 g/mol. The van der Waals surface area contributed by atoms with Crippen LogP contribution in [0.25, 0.3) is 11.3 Å². The summed E-state index contributed by atoms with van der Waals surface area (Å²) >= 11 is 13.8. The number of hydrogen-bond donors (Lipinski definition) is 2. The van der Waals surface area contributed by atoms with E-state index in [2.05, 4.69) is 10.3 Å². The predicted octanol–water partition coefficient (Wildman–Crippen LogP) is 4.18. The topological polar surface area (TPSA) is 50.9 Å². The van der Waals surface area contributed by atoms with Gasteiger partial charge >= 0.3 is 0 Å². The van der Waals surface area contributed by atoms with Crippen LogP contribution in [-0.2, 0) is 0 Å². The number of hydrogen-bond acceptors (Lipinski definition) is 4. The Bertz CT molecular complexity index is 566. The summed E-state index contributed by atoms with van der Waals surface area (Å²) in [6.45, 7) is 1.93. The zero-order valence-electron chi connectivity index (χ0n) is 10.00. The molecule has 1 aromatic carbocycles. The molecule has 3 nitrogen and oxygen atoms in total. The lowest BCUT2D eigenvalue weighted by molar-refractivity contribution is 0.837. The first-order chi connectivity index (χ1) is 8.54. The van der Waals surface area contributed by atoms with E-state index in [9.17, 15) is 0 Å².